The minimum atomic E-state index is 0.321. The average molecular weight is 214 g/mol. The first-order chi connectivity index (χ1) is 6.74. The van der Waals surface area contributed by atoms with Gasteiger partial charge in [-0.05, 0) is 16.8 Å². The Morgan fingerprint density at radius 1 is 1.57 bits per heavy atom. The molecule has 6 heteroatoms. The van der Waals surface area contributed by atoms with Gasteiger partial charge in [0.1, 0.15) is 5.78 Å². The monoisotopic (exact) mass is 214 g/mol. The van der Waals surface area contributed by atoms with E-state index in [0.29, 0.717) is 18.6 Å². The lowest BCUT2D eigenvalue weighted by molar-refractivity contribution is -0.118. The summed E-state index contributed by atoms with van der Waals surface area (Å²) in [5.74, 6) is 1.21. The molecule has 0 aliphatic heterocycles. The minimum absolute atomic E-state index is 0.321. The third-order valence-electron chi connectivity index (χ3n) is 1.81. The smallest absolute Gasteiger partial charge is 0.209 e. The first-order valence-corrected chi connectivity index (χ1v) is 5.59. The first-order valence-electron chi connectivity index (χ1n) is 4.61. The highest BCUT2D eigenvalue weighted by Gasteiger charge is 2.03. The molecule has 1 aromatic heterocycles. The number of rotatable bonds is 6. The molecule has 0 bridgehead atoms. The number of Topliss-reactive ketones (excluding diaryl/α,β-unsaturated/α-hetero) is 1. The Labute approximate surface area is 87.3 Å². The molecule has 0 atom stereocenters. The van der Waals surface area contributed by atoms with Crippen LogP contribution in [0.2, 0.25) is 0 Å². The lowest BCUT2D eigenvalue weighted by atomic mass is 10.2. The largest absolute Gasteiger partial charge is 0.300 e. The number of aromatic nitrogens is 4. The van der Waals surface area contributed by atoms with Gasteiger partial charge in [-0.15, -0.1) is 5.10 Å². The summed E-state index contributed by atoms with van der Waals surface area (Å²) in [6.07, 6.45) is 2.19. The van der Waals surface area contributed by atoms with Gasteiger partial charge in [0.15, 0.2) is 0 Å². The van der Waals surface area contributed by atoms with Gasteiger partial charge < -0.3 is 0 Å². The van der Waals surface area contributed by atoms with Crippen molar-refractivity contribution in [2.45, 2.75) is 31.3 Å². The molecule has 1 heterocycles. The summed E-state index contributed by atoms with van der Waals surface area (Å²) in [5.41, 5.74) is 0. The predicted octanol–water partition coefficient (Wildman–Crippen LogP) is 1.06. The number of hydrogen-bond donors (Lipinski definition) is 0. The lowest BCUT2D eigenvalue weighted by Gasteiger charge is -1.98. The molecule has 14 heavy (non-hydrogen) atoms. The Morgan fingerprint density at radius 2 is 2.36 bits per heavy atom. The molecule has 78 valence electrons. The summed E-state index contributed by atoms with van der Waals surface area (Å²) in [4.78, 5) is 11.0. The van der Waals surface area contributed by atoms with Gasteiger partial charge in [0, 0.05) is 25.6 Å². The Bertz CT molecular complexity index is 299. The Hall–Kier alpha value is -0.910. The summed E-state index contributed by atoms with van der Waals surface area (Å²) in [7, 11) is 1.81. The maximum Gasteiger partial charge on any atom is 0.209 e. The number of aryl methyl sites for hydroxylation is 1. The molecule has 0 aromatic carbocycles. The number of hydrogen-bond acceptors (Lipinski definition) is 5. The summed E-state index contributed by atoms with van der Waals surface area (Å²) in [6.45, 7) is 1.89. The van der Waals surface area contributed by atoms with E-state index in [4.69, 9.17) is 0 Å². The van der Waals surface area contributed by atoms with Crippen LogP contribution in [0, 0.1) is 0 Å². The Balaban J connectivity index is 2.16. The molecular formula is C8H14N4OS. The van der Waals surface area contributed by atoms with E-state index in [1.165, 1.54) is 0 Å². The van der Waals surface area contributed by atoms with Crippen molar-refractivity contribution >= 4 is 17.5 Å². The normalized spacial score (nSPS) is 10.4. The zero-order chi connectivity index (χ0) is 10.4. The number of carbonyl (C=O) groups is 1. The molecule has 0 saturated heterocycles. The molecule has 0 N–H and O–H groups in total. The van der Waals surface area contributed by atoms with E-state index in [-0.39, 0.29) is 0 Å². The minimum Gasteiger partial charge on any atom is -0.300 e. The molecule has 1 aromatic rings. The summed E-state index contributed by atoms with van der Waals surface area (Å²) in [6, 6.07) is 0. The van der Waals surface area contributed by atoms with Gasteiger partial charge in [-0.1, -0.05) is 18.7 Å². The van der Waals surface area contributed by atoms with E-state index >= 15 is 0 Å². The second kappa shape index (κ2) is 5.74. The molecule has 0 fully saturated rings. The zero-order valence-corrected chi connectivity index (χ0v) is 9.25. The van der Waals surface area contributed by atoms with Gasteiger partial charge in [-0.25, -0.2) is 4.68 Å². The number of thioether (sulfide) groups is 1. The van der Waals surface area contributed by atoms with Crippen molar-refractivity contribution in [3.8, 4) is 0 Å². The Kier molecular flexibility index (Phi) is 4.58. The van der Waals surface area contributed by atoms with E-state index in [9.17, 15) is 4.79 Å². The number of nitrogens with zero attached hydrogens (tertiary/aromatic N) is 4. The fraction of sp³-hybridized carbons (Fsp3) is 0.750. The highest BCUT2D eigenvalue weighted by atomic mass is 32.2. The molecule has 5 nitrogen and oxygen atoms in total. The van der Waals surface area contributed by atoms with Crippen molar-refractivity contribution in [1.82, 2.24) is 20.2 Å². The molecule has 0 radical (unpaired) electrons. The topological polar surface area (TPSA) is 60.7 Å². The van der Waals surface area contributed by atoms with Crippen LogP contribution in [0.5, 0.6) is 0 Å². The maximum absolute atomic E-state index is 11.0. The van der Waals surface area contributed by atoms with Gasteiger partial charge in [-0.3, -0.25) is 4.79 Å². The van der Waals surface area contributed by atoms with Crippen LogP contribution >= 0.6 is 11.8 Å². The van der Waals surface area contributed by atoms with Gasteiger partial charge in [0.2, 0.25) is 5.16 Å². The quantitative estimate of drug-likeness (QED) is 0.523. The van der Waals surface area contributed by atoms with Crippen LogP contribution in [0.1, 0.15) is 26.2 Å². The molecule has 0 saturated carbocycles. The van der Waals surface area contributed by atoms with Crippen LogP contribution in [-0.4, -0.2) is 31.7 Å². The van der Waals surface area contributed by atoms with Crippen LogP contribution in [0.3, 0.4) is 0 Å². The van der Waals surface area contributed by atoms with E-state index in [1.54, 1.807) is 23.5 Å². The van der Waals surface area contributed by atoms with Gasteiger partial charge in [0.25, 0.3) is 0 Å². The zero-order valence-electron chi connectivity index (χ0n) is 8.43. The van der Waals surface area contributed by atoms with Crippen molar-refractivity contribution < 1.29 is 4.79 Å². The molecular weight excluding hydrogens is 200 g/mol. The molecule has 0 aliphatic rings. The van der Waals surface area contributed by atoms with E-state index in [0.717, 1.165) is 17.3 Å². The Morgan fingerprint density at radius 3 is 2.93 bits per heavy atom. The number of carbonyl (C=O) groups excluding carboxylic acids is 1. The highest BCUT2D eigenvalue weighted by molar-refractivity contribution is 7.99. The number of ketones is 1. The van der Waals surface area contributed by atoms with Crippen molar-refractivity contribution in [2.24, 2.45) is 7.05 Å². The molecule has 0 spiro atoms. The van der Waals surface area contributed by atoms with Crippen LogP contribution in [0.4, 0.5) is 0 Å². The van der Waals surface area contributed by atoms with E-state index < -0.39 is 0 Å². The van der Waals surface area contributed by atoms with Crippen molar-refractivity contribution in [1.29, 1.82) is 0 Å². The third kappa shape index (κ3) is 3.45. The van der Waals surface area contributed by atoms with Crippen LogP contribution in [-0.2, 0) is 11.8 Å². The van der Waals surface area contributed by atoms with Gasteiger partial charge in [-0.2, -0.15) is 0 Å². The maximum atomic E-state index is 11.0. The van der Waals surface area contributed by atoms with Crippen LogP contribution in [0.25, 0.3) is 0 Å². The molecule has 0 amide bonds. The van der Waals surface area contributed by atoms with Gasteiger partial charge >= 0.3 is 0 Å². The SMILES string of the molecule is CCC(=O)CCCSc1nnnn1C. The highest BCUT2D eigenvalue weighted by Crippen LogP contribution is 2.14. The van der Waals surface area contributed by atoms with Gasteiger partial charge in [0.05, 0.1) is 0 Å². The molecule has 0 aliphatic carbocycles. The molecule has 1 rings (SSSR count). The summed E-state index contributed by atoms with van der Waals surface area (Å²) >= 11 is 1.58. The fourth-order valence-corrected chi connectivity index (χ4v) is 1.74. The van der Waals surface area contributed by atoms with E-state index in [1.807, 2.05) is 6.92 Å². The fourth-order valence-electron chi connectivity index (χ4n) is 0.953. The summed E-state index contributed by atoms with van der Waals surface area (Å²) < 4.78 is 1.63. The van der Waals surface area contributed by atoms with E-state index in [2.05, 4.69) is 15.5 Å². The average Bonchev–Trinajstić information content (AvgIpc) is 2.58. The second-order valence-corrected chi connectivity index (χ2v) is 3.99. The second-order valence-electron chi connectivity index (χ2n) is 2.93. The number of tetrazole rings is 1. The standard InChI is InChI=1S/C8H14N4OS/c1-3-7(13)5-4-6-14-8-9-10-11-12(8)2/h3-6H2,1-2H3. The van der Waals surface area contributed by atoms with Crippen LogP contribution in [0.15, 0.2) is 5.16 Å². The first kappa shape index (κ1) is 11.2. The van der Waals surface area contributed by atoms with Crippen molar-refractivity contribution in [3.63, 3.8) is 0 Å². The van der Waals surface area contributed by atoms with Crippen molar-refractivity contribution in [3.05, 3.63) is 0 Å². The van der Waals surface area contributed by atoms with Crippen LogP contribution < -0.4 is 0 Å². The summed E-state index contributed by atoms with van der Waals surface area (Å²) in [5, 5.41) is 11.9. The third-order valence-corrected chi connectivity index (χ3v) is 2.90. The van der Waals surface area contributed by atoms with Crippen molar-refractivity contribution in [2.75, 3.05) is 5.75 Å². The lowest BCUT2D eigenvalue weighted by Crippen LogP contribution is -1.97. The molecule has 0 unspecified atom stereocenters. The predicted molar refractivity (Wildman–Crippen MR) is 54.1 cm³/mol.